The first kappa shape index (κ1) is 12.8. The number of halogens is 2. The number of alkyl halides is 1. The molecule has 0 radical (unpaired) electrons. The Morgan fingerprint density at radius 1 is 1.28 bits per heavy atom. The van der Waals surface area contributed by atoms with Crippen LogP contribution in [0.15, 0.2) is 12.1 Å². The zero-order valence-corrected chi connectivity index (χ0v) is 12.5. The van der Waals surface area contributed by atoms with Crippen molar-refractivity contribution in [3.63, 3.8) is 0 Å². The van der Waals surface area contributed by atoms with Crippen LogP contribution in [0.2, 0.25) is 5.02 Å². The Labute approximate surface area is 121 Å². The van der Waals surface area contributed by atoms with Gasteiger partial charge in [-0.05, 0) is 37.0 Å². The number of hydrogen-bond acceptors (Lipinski definition) is 2. The van der Waals surface area contributed by atoms with E-state index in [0.717, 1.165) is 42.4 Å². The quantitative estimate of drug-likeness (QED) is 0.753. The zero-order chi connectivity index (χ0) is 12.5. The minimum absolute atomic E-state index is 0.170. The van der Waals surface area contributed by atoms with E-state index < -0.39 is 0 Å². The van der Waals surface area contributed by atoms with Gasteiger partial charge in [0, 0.05) is 23.6 Å². The molecule has 0 saturated carbocycles. The molecule has 2 aliphatic rings. The number of fused-ring (bicyclic) bond motifs is 1. The molecule has 0 amide bonds. The van der Waals surface area contributed by atoms with Gasteiger partial charge in [0.2, 0.25) is 0 Å². The highest BCUT2D eigenvalue weighted by Gasteiger charge is 2.29. The van der Waals surface area contributed by atoms with E-state index in [2.05, 4.69) is 15.9 Å². The number of benzene rings is 1. The van der Waals surface area contributed by atoms with E-state index in [1.165, 1.54) is 18.4 Å². The summed E-state index contributed by atoms with van der Waals surface area (Å²) in [6.45, 7) is 1.62. The topological polar surface area (TPSA) is 18.5 Å². The fourth-order valence-corrected chi connectivity index (χ4v) is 3.71. The van der Waals surface area contributed by atoms with E-state index in [9.17, 15) is 0 Å². The van der Waals surface area contributed by atoms with E-state index in [1.54, 1.807) is 0 Å². The van der Waals surface area contributed by atoms with Crippen LogP contribution >= 0.6 is 27.5 Å². The number of rotatable bonds is 2. The first-order valence-corrected chi connectivity index (χ1v) is 7.76. The van der Waals surface area contributed by atoms with E-state index in [1.807, 2.05) is 12.1 Å². The largest absolute Gasteiger partial charge is 0.493 e. The lowest BCUT2D eigenvalue weighted by Gasteiger charge is -2.28. The molecule has 0 aliphatic carbocycles. The van der Waals surface area contributed by atoms with Crippen molar-refractivity contribution in [1.29, 1.82) is 0 Å². The Bertz CT molecular complexity index is 444. The normalized spacial score (nSPS) is 24.4. The first-order valence-electron chi connectivity index (χ1n) is 6.46. The van der Waals surface area contributed by atoms with Crippen LogP contribution in [0.3, 0.4) is 0 Å². The van der Waals surface area contributed by atoms with Gasteiger partial charge in [-0.3, -0.25) is 0 Å². The molecule has 18 heavy (non-hydrogen) atoms. The van der Waals surface area contributed by atoms with Crippen molar-refractivity contribution < 1.29 is 9.47 Å². The second-order valence-corrected chi connectivity index (χ2v) is 6.31. The van der Waals surface area contributed by atoms with E-state index in [-0.39, 0.29) is 10.9 Å². The number of ether oxygens (including phenoxy) is 2. The van der Waals surface area contributed by atoms with Crippen molar-refractivity contribution in [2.75, 3.05) is 13.2 Å². The molecule has 2 nitrogen and oxygen atoms in total. The molecule has 2 atom stereocenters. The lowest BCUT2D eigenvalue weighted by Crippen LogP contribution is -2.23. The number of hydrogen-bond donors (Lipinski definition) is 0. The highest BCUT2D eigenvalue weighted by molar-refractivity contribution is 9.09. The maximum absolute atomic E-state index is 6.19. The SMILES string of the molecule is Clc1cc2c(c(C(Br)C3CCCCO3)c1)OCC2. The maximum atomic E-state index is 6.19. The van der Waals surface area contributed by atoms with Crippen LogP contribution in [-0.4, -0.2) is 19.3 Å². The van der Waals surface area contributed by atoms with E-state index in [4.69, 9.17) is 21.1 Å². The Kier molecular flexibility index (Phi) is 3.83. The van der Waals surface area contributed by atoms with Crippen molar-refractivity contribution in [2.45, 2.75) is 36.6 Å². The molecule has 1 fully saturated rings. The van der Waals surface area contributed by atoms with Crippen molar-refractivity contribution in [3.05, 3.63) is 28.3 Å². The van der Waals surface area contributed by atoms with Gasteiger partial charge in [-0.2, -0.15) is 0 Å². The Morgan fingerprint density at radius 2 is 2.17 bits per heavy atom. The predicted molar refractivity (Wildman–Crippen MR) is 75.9 cm³/mol. The van der Waals surface area contributed by atoms with Crippen LogP contribution in [0.1, 0.15) is 35.2 Å². The lowest BCUT2D eigenvalue weighted by molar-refractivity contribution is 0.0157. The summed E-state index contributed by atoms with van der Waals surface area (Å²) >= 11 is 9.97. The Balaban J connectivity index is 1.91. The fourth-order valence-electron chi connectivity index (χ4n) is 2.70. The summed E-state index contributed by atoms with van der Waals surface area (Å²) in [4.78, 5) is 0.170. The van der Waals surface area contributed by atoms with Gasteiger partial charge in [-0.1, -0.05) is 27.5 Å². The molecular weight excluding hydrogens is 316 g/mol. The molecule has 0 N–H and O–H groups in total. The van der Waals surface area contributed by atoms with Gasteiger partial charge in [0.25, 0.3) is 0 Å². The first-order chi connectivity index (χ1) is 8.75. The van der Waals surface area contributed by atoms with Crippen LogP contribution in [-0.2, 0) is 11.2 Å². The second kappa shape index (κ2) is 5.40. The molecule has 98 valence electrons. The molecular formula is C14H16BrClO2. The standard InChI is InChI=1S/C14H16BrClO2/c15-13(12-3-1-2-5-17-12)11-8-10(16)7-9-4-6-18-14(9)11/h7-8,12-13H,1-6H2. The third kappa shape index (κ3) is 2.40. The van der Waals surface area contributed by atoms with Gasteiger partial charge in [0.1, 0.15) is 5.75 Å². The van der Waals surface area contributed by atoms with Gasteiger partial charge in [-0.25, -0.2) is 0 Å². The molecule has 2 heterocycles. The van der Waals surface area contributed by atoms with Gasteiger partial charge < -0.3 is 9.47 Å². The van der Waals surface area contributed by atoms with Crippen LogP contribution in [0.5, 0.6) is 5.75 Å². The van der Waals surface area contributed by atoms with Crippen molar-refractivity contribution in [2.24, 2.45) is 0 Å². The van der Waals surface area contributed by atoms with Crippen LogP contribution in [0.25, 0.3) is 0 Å². The Morgan fingerprint density at radius 3 is 2.94 bits per heavy atom. The van der Waals surface area contributed by atoms with Crippen molar-refractivity contribution in [3.8, 4) is 5.75 Å². The summed E-state index contributed by atoms with van der Waals surface area (Å²) in [7, 11) is 0. The van der Waals surface area contributed by atoms with Crippen LogP contribution in [0, 0.1) is 0 Å². The zero-order valence-electron chi connectivity index (χ0n) is 10.1. The molecule has 1 saturated heterocycles. The van der Waals surface area contributed by atoms with Gasteiger partial charge in [0.05, 0.1) is 17.5 Å². The van der Waals surface area contributed by atoms with Crippen LogP contribution in [0.4, 0.5) is 0 Å². The highest BCUT2D eigenvalue weighted by Crippen LogP contribution is 2.43. The van der Waals surface area contributed by atoms with Gasteiger partial charge >= 0.3 is 0 Å². The summed E-state index contributed by atoms with van der Waals surface area (Å²) in [6, 6.07) is 4.01. The van der Waals surface area contributed by atoms with Gasteiger partial charge in [0.15, 0.2) is 0 Å². The monoisotopic (exact) mass is 330 g/mol. The highest BCUT2D eigenvalue weighted by atomic mass is 79.9. The lowest BCUT2D eigenvalue weighted by atomic mass is 9.98. The molecule has 0 bridgehead atoms. The predicted octanol–water partition coefficient (Wildman–Crippen LogP) is 4.28. The summed E-state index contributed by atoms with van der Waals surface area (Å²) in [6.07, 6.45) is 4.67. The molecule has 2 aliphatic heterocycles. The molecule has 3 rings (SSSR count). The van der Waals surface area contributed by atoms with Crippen molar-refractivity contribution in [1.82, 2.24) is 0 Å². The fraction of sp³-hybridized carbons (Fsp3) is 0.571. The molecule has 2 unspecified atom stereocenters. The van der Waals surface area contributed by atoms with E-state index >= 15 is 0 Å². The third-order valence-corrected chi connectivity index (χ3v) is 4.92. The second-order valence-electron chi connectivity index (χ2n) is 4.89. The summed E-state index contributed by atoms with van der Waals surface area (Å²) in [5.74, 6) is 1.01. The molecule has 1 aromatic rings. The molecule has 1 aromatic carbocycles. The maximum Gasteiger partial charge on any atom is 0.127 e. The summed E-state index contributed by atoms with van der Waals surface area (Å²) < 4.78 is 11.6. The Hall–Kier alpha value is -0.250. The minimum Gasteiger partial charge on any atom is -0.493 e. The van der Waals surface area contributed by atoms with Crippen molar-refractivity contribution >= 4 is 27.5 Å². The smallest absolute Gasteiger partial charge is 0.127 e. The minimum atomic E-state index is 0.170. The average molecular weight is 332 g/mol. The average Bonchev–Trinajstić information content (AvgIpc) is 2.86. The molecule has 0 aromatic heterocycles. The van der Waals surface area contributed by atoms with E-state index in [0.29, 0.717) is 0 Å². The van der Waals surface area contributed by atoms with Crippen LogP contribution < -0.4 is 4.74 Å². The third-order valence-electron chi connectivity index (χ3n) is 3.62. The molecule has 0 spiro atoms. The molecule has 4 heteroatoms. The summed E-state index contributed by atoms with van der Waals surface area (Å²) in [5, 5.41) is 0.787. The summed E-state index contributed by atoms with van der Waals surface area (Å²) in [5.41, 5.74) is 2.36. The van der Waals surface area contributed by atoms with Gasteiger partial charge in [-0.15, -0.1) is 0 Å².